The number of hydrazone groups is 1. The number of benzene rings is 1. The fourth-order valence-corrected chi connectivity index (χ4v) is 2.21. The van der Waals surface area contributed by atoms with Crippen LogP contribution in [0.4, 0.5) is 10.5 Å². The predicted octanol–water partition coefficient (Wildman–Crippen LogP) is 1.93. The summed E-state index contributed by atoms with van der Waals surface area (Å²) in [5, 5.41) is 3.73. The molecule has 0 unspecified atom stereocenters. The highest BCUT2D eigenvalue weighted by Crippen LogP contribution is 2.22. The molecule has 2 rings (SSSR count). The van der Waals surface area contributed by atoms with Crippen LogP contribution in [0, 0.1) is 5.92 Å². The quantitative estimate of drug-likeness (QED) is 0.644. The summed E-state index contributed by atoms with van der Waals surface area (Å²) in [6, 6.07) is 7.48. The molecule has 1 heterocycles. The van der Waals surface area contributed by atoms with Crippen LogP contribution in [0.3, 0.4) is 0 Å². The third-order valence-corrected chi connectivity index (χ3v) is 3.43. The van der Waals surface area contributed by atoms with Crippen molar-refractivity contribution in [1.29, 1.82) is 0 Å². The van der Waals surface area contributed by atoms with E-state index in [9.17, 15) is 4.79 Å². The molecule has 0 radical (unpaired) electrons. The van der Waals surface area contributed by atoms with Gasteiger partial charge in [0.2, 0.25) is 0 Å². The van der Waals surface area contributed by atoms with Crippen LogP contribution in [0.5, 0.6) is 0 Å². The Balaban J connectivity index is 1.94. The second kappa shape index (κ2) is 6.22. The average molecular weight is 260 g/mol. The highest BCUT2D eigenvalue weighted by molar-refractivity contribution is 5.82. The number of rotatable bonds is 3. The lowest BCUT2D eigenvalue weighted by atomic mass is 9.99. The first kappa shape index (κ1) is 13.4. The second-order valence-corrected chi connectivity index (χ2v) is 5.00. The van der Waals surface area contributed by atoms with Crippen LogP contribution < -0.4 is 16.1 Å². The number of primary amides is 1. The van der Waals surface area contributed by atoms with E-state index >= 15 is 0 Å². The molecule has 19 heavy (non-hydrogen) atoms. The number of urea groups is 1. The molecule has 0 aromatic heterocycles. The number of hydrogen-bond donors (Lipinski definition) is 2. The Morgan fingerprint density at radius 2 is 2.00 bits per heavy atom. The summed E-state index contributed by atoms with van der Waals surface area (Å²) < 4.78 is 0. The highest BCUT2D eigenvalue weighted by atomic mass is 16.2. The van der Waals surface area contributed by atoms with E-state index in [1.54, 1.807) is 6.21 Å². The Morgan fingerprint density at radius 3 is 2.58 bits per heavy atom. The zero-order valence-corrected chi connectivity index (χ0v) is 11.2. The maximum Gasteiger partial charge on any atom is 0.332 e. The number of amides is 2. The molecule has 0 aliphatic carbocycles. The fraction of sp³-hybridized carbons (Fsp3) is 0.429. The Morgan fingerprint density at radius 1 is 1.37 bits per heavy atom. The number of anilines is 1. The molecule has 1 aromatic carbocycles. The molecule has 1 saturated heterocycles. The minimum atomic E-state index is -0.657. The predicted molar refractivity (Wildman–Crippen MR) is 77.4 cm³/mol. The number of nitrogens with zero attached hydrogens (tertiary/aromatic N) is 2. The van der Waals surface area contributed by atoms with Crippen LogP contribution in [-0.4, -0.2) is 25.3 Å². The standard InChI is InChI=1S/C14H20N4O/c1-11-6-8-18(9-7-11)13-4-2-12(3-5-13)10-16-17-14(15)19/h2-5,10-11H,6-9H2,1H3,(H3,15,17,19). The van der Waals surface area contributed by atoms with E-state index in [0.29, 0.717) is 0 Å². The smallest absolute Gasteiger partial charge is 0.332 e. The molecule has 0 saturated carbocycles. The topological polar surface area (TPSA) is 70.7 Å². The zero-order chi connectivity index (χ0) is 13.7. The van der Waals surface area contributed by atoms with Gasteiger partial charge >= 0.3 is 6.03 Å². The minimum Gasteiger partial charge on any atom is -0.372 e. The maximum absolute atomic E-state index is 10.5. The van der Waals surface area contributed by atoms with Crippen molar-refractivity contribution in [2.75, 3.05) is 18.0 Å². The van der Waals surface area contributed by atoms with Crippen molar-refractivity contribution in [1.82, 2.24) is 5.43 Å². The Labute approximate surface area is 113 Å². The van der Waals surface area contributed by atoms with Gasteiger partial charge in [-0.25, -0.2) is 10.2 Å². The van der Waals surface area contributed by atoms with Gasteiger partial charge in [0.05, 0.1) is 6.21 Å². The lowest BCUT2D eigenvalue weighted by molar-refractivity contribution is 0.249. The molecule has 1 aromatic rings. The van der Waals surface area contributed by atoms with Gasteiger partial charge in [-0.2, -0.15) is 5.10 Å². The first-order valence-electron chi connectivity index (χ1n) is 6.58. The number of nitrogens with two attached hydrogens (primary N) is 1. The van der Waals surface area contributed by atoms with Gasteiger partial charge in [0.25, 0.3) is 0 Å². The summed E-state index contributed by atoms with van der Waals surface area (Å²) in [6.07, 6.45) is 4.09. The largest absolute Gasteiger partial charge is 0.372 e. The van der Waals surface area contributed by atoms with Crippen molar-refractivity contribution in [2.24, 2.45) is 16.8 Å². The molecule has 0 bridgehead atoms. The molecule has 102 valence electrons. The van der Waals surface area contributed by atoms with Crippen molar-refractivity contribution in [3.05, 3.63) is 29.8 Å². The van der Waals surface area contributed by atoms with Gasteiger partial charge in [-0.3, -0.25) is 0 Å². The molecule has 5 nitrogen and oxygen atoms in total. The van der Waals surface area contributed by atoms with Crippen LogP contribution >= 0.6 is 0 Å². The molecule has 0 atom stereocenters. The van der Waals surface area contributed by atoms with Crippen molar-refractivity contribution in [2.45, 2.75) is 19.8 Å². The molecular weight excluding hydrogens is 240 g/mol. The van der Waals surface area contributed by atoms with Gasteiger partial charge in [-0.15, -0.1) is 0 Å². The van der Waals surface area contributed by atoms with Crippen molar-refractivity contribution >= 4 is 17.9 Å². The molecule has 1 aliphatic rings. The van der Waals surface area contributed by atoms with E-state index in [-0.39, 0.29) is 0 Å². The average Bonchev–Trinajstić information content (AvgIpc) is 2.40. The third-order valence-electron chi connectivity index (χ3n) is 3.43. The molecule has 2 amide bonds. The zero-order valence-electron chi connectivity index (χ0n) is 11.2. The fourth-order valence-electron chi connectivity index (χ4n) is 2.21. The summed E-state index contributed by atoms with van der Waals surface area (Å²) in [5.74, 6) is 0.836. The molecule has 0 spiro atoms. The van der Waals surface area contributed by atoms with Gasteiger partial charge < -0.3 is 10.6 Å². The molecule has 1 aliphatic heterocycles. The number of nitrogens with one attached hydrogen (secondary N) is 1. The Bertz CT molecular complexity index is 447. The van der Waals surface area contributed by atoms with E-state index in [0.717, 1.165) is 24.6 Å². The summed E-state index contributed by atoms with van der Waals surface area (Å²) in [4.78, 5) is 12.9. The van der Waals surface area contributed by atoms with E-state index in [2.05, 4.69) is 34.5 Å². The minimum absolute atomic E-state index is 0.657. The number of carbonyl (C=O) groups is 1. The highest BCUT2D eigenvalue weighted by Gasteiger charge is 2.15. The van der Waals surface area contributed by atoms with Crippen LogP contribution in [0.1, 0.15) is 25.3 Å². The normalized spacial score (nSPS) is 16.8. The first-order chi connectivity index (χ1) is 9.15. The van der Waals surface area contributed by atoms with Gasteiger partial charge in [0.15, 0.2) is 0 Å². The lowest BCUT2D eigenvalue weighted by Gasteiger charge is -2.32. The number of carbonyl (C=O) groups excluding carboxylic acids is 1. The molecule has 1 fully saturated rings. The van der Waals surface area contributed by atoms with E-state index in [4.69, 9.17) is 5.73 Å². The van der Waals surface area contributed by atoms with Crippen LogP contribution in [0.25, 0.3) is 0 Å². The van der Waals surface area contributed by atoms with Crippen LogP contribution in [-0.2, 0) is 0 Å². The summed E-state index contributed by atoms with van der Waals surface area (Å²) in [6.45, 7) is 4.55. The van der Waals surface area contributed by atoms with Crippen LogP contribution in [0.15, 0.2) is 29.4 Å². The SMILES string of the molecule is CC1CCN(c2ccc(C=NNC(N)=O)cc2)CC1. The van der Waals surface area contributed by atoms with Crippen molar-refractivity contribution in [3.8, 4) is 0 Å². The van der Waals surface area contributed by atoms with E-state index in [1.165, 1.54) is 18.5 Å². The van der Waals surface area contributed by atoms with Gasteiger partial charge in [0, 0.05) is 18.8 Å². The number of hydrogen-bond acceptors (Lipinski definition) is 3. The van der Waals surface area contributed by atoms with Crippen molar-refractivity contribution < 1.29 is 4.79 Å². The lowest BCUT2D eigenvalue weighted by Crippen LogP contribution is -2.32. The van der Waals surface area contributed by atoms with Gasteiger partial charge in [-0.1, -0.05) is 19.1 Å². The molecule has 3 N–H and O–H groups in total. The number of piperidine rings is 1. The maximum atomic E-state index is 10.5. The third kappa shape index (κ3) is 3.98. The summed E-state index contributed by atoms with van der Waals surface area (Å²) >= 11 is 0. The summed E-state index contributed by atoms with van der Waals surface area (Å²) in [7, 11) is 0. The second-order valence-electron chi connectivity index (χ2n) is 5.00. The van der Waals surface area contributed by atoms with Crippen LogP contribution in [0.2, 0.25) is 0 Å². The Hall–Kier alpha value is -2.04. The van der Waals surface area contributed by atoms with E-state index in [1.807, 2.05) is 12.1 Å². The van der Waals surface area contributed by atoms with Crippen molar-refractivity contribution in [3.63, 3.8) is 0 Å². The summed E-state index contributed by atoms with van der Waals surface area (Å²) in [5.41, 5.74) is 9.27. The Kier molecular flexibility index (Phi) is 4.39. The molecule has 5 heteroatoms. The van der Waals surface area contributed by atoms with Gasteiger partial charge in [0.1, 0.15) is 0 Å². The molecular formula is C14H20N4O. The van der Waals surface area contributed by atoms with Gasteiger partial charge in [-0.05, 0) is 36.5 Å². The van der Waals surface area contributed by atoms with E-state index < -0.39 is 6.03 Å². The monoisotopic (exact) mass is 260 g/mol. The first-order valence-corrected chi connectivity index (χ1v) is 6.58.